The van der Waals surface area contributed by atoms with Crippen molar-refractivity contribution in [1.82, 2.24) is 9.88 Å². The van der Waals surface area contributed by atoms with E-state index < -0.39 is 28.5 Å². The van der Waals surface area contributed by atoms with E-state index >= 15 is 0 Å². The Morgan fingerprint density at radius 1 is 1.00 bits per heavy atom. The molecule has 2 heterocycles. The third kappa shape index (κ3) is 8.78. The van der Waals surface area contributed by atoms with Gasteiger partial charge >= 0.3 is 12.6 Å². The van der Waals surface area contributed by atoms with E-state index in [1.165, 1.54) is 30.6 Å². The Kier molecular flexibility index (Phi) is 10.1. The summed E-state index contributed by atoms with van der Waals surface area (Å²) in [5.74, 6) is 0.00550. The van der Waals surface area contributed by atoms with Crippen LogP contribution < -0.4 is 9.47 Å². The number of hydrogen-bond acceptors (Lipinski definition) is 8. The van der Waals surface area contributed by atoms with E-state index in [1.54, 1.807) is 24.3 Å². The van der Waals surface area contributed by atoms with Crippen molar-refractivity contribution in [3.63, 3.8) is 0 Å². The number of nitrogens with zero attached hydrogens (tertiary/aromatic N) is 2. The van der Waals surface area contributed by atoms with E-state index in [1.807, 2.05) is 0 Å². The predicted molar refractivity (Wildman–Crippen MR) is 158 cm³/mol. The van der Waals surface area contributed by atoms with Crippen molar-refractivity contribution in [3.05, 3.63) is 87.2 Å². The van der Waals surface area contributed by atoms with Crippen molar-refractivity contribution in [2.45, 2.75) is 38.5 Å². The minimum atomic E-state index is -3.04. The second-order valence-corrected chi connectivity index (χ2v) is 13.8. The lowest BCUT2D eigenvalue weighted by atomic mass is 10.0. The molecule has 5 rings (SSSR count). The zero-order valence-corrected chi connectivity index (χ0v) is 25.4. The molecule has 13 heteroatoms. The summed E-state index contributed by atoms with van der Waals surface area (Å²) in [5, 5.41) is 0.567. The molecule has 0 spiro atoms. The van der Waals surface area contributed by atoms with Crippen LogP contribution in [-0.4, -0.2) is 62.1 Å². The first-order valence-electron chi connectivity index (χ1n) is 13.8. The third-order valence-electron chi connectivity index (χ3n) is 7.35. The number of aromatic nitrogens is 1. The molecular formula is C30H30Cl2F2N2O6S. The molecule has 1 aliphatic carbocycles. The van der Waals surface area contributed by atoms with Gasteiger partial charge in [0.25, 0.3) is 0 Å². The van der Waals surface area contributed by atoms with Crippen LogP contribution in [0.4, 0.5) is 8.78 Å². The average molecular weight is 656 g/mol. The molecule has 230 valence electrons. The Hall–Kier alpha value is -2.99. The highest BCUT2D eigenvalue weighted by Crippen LogP contribution is 2.38. The molecule has 2 fully saturated rings. The number of hydrogen-bond donors (Lipinski definition) is 0. The van der Waals surface area contributed by atoms with E-state index in [0.29, 0.717) is 48.8 Å². The fraction of sp³-hybridized carbons (Fsp3) is 0.400. The maximum Gasteiger partial charge on any atom is 0.387 e. The zero-order valence-electron chi connectivity index (χ0n) is 23.1. The number of ether oxygens (including phenoxy) is 3. The van der Waals surface area contributed by atoms with Crippen LogP contribution in [0.25, 0.3) is 0 Å². The highest BCUT2D eigenvalue weighted by Gasteiger charge is 2.26. The smallest absolute Gasteiger partial charge is 0.387 e. The first kappa shape index (κ1) is 31.4. The molecule has 3 aromatic rings. The van der Waals surface area contributed by atoms with Gasteiger partial charge in [0.2, 0.25) is 0 Å². The summed E-state index contributed by atoms with van der Waals surface area (Å²) in [6.45, 7) is -1.20. The maximum absolute atomic E-state index is 13.3. The first-order chi connectivity index (χ1) is 20.6. The van der Waals surface area contributed by atoms with Crippen LogP contribution in [0.3, 0.4) is 0 Å². The topological polar surface area (TPSA) is 95.0 Å². The van der Waals surface area contributed by atoms with Crippen molar-refractivity contribution >= 4 is 39.0 Å². The Morgan fingerprint density at radius 2 is 1.67 bits per heavy atom. The number of pyridine rings is 1. The van der Waals surface area contributed by atoms with Gasteiger partial charge in [0.05, 0.1) is 33.7 Å². The average Bonchev–Trinajstić information content (AvgIpc) is 3.80. The number of carbonyl (C=O) groups is 1. The normalized spacial score (nSPS) is 17.4. The molecule has 0 radical (unpaired) electrons. The SMILES string of the molecule is O=C(OC(Cc1c(Cl)cncc1Cl)c1ccc(OC(F)F)c(OCC2CC2)c1)c1ccc(CN2CCS(=O)(=O)CC2)cc1. The molecule has 1 atom stereocenters. The van der Waals surface area contributed by atoms with E-state index in [9.17, 15) is 22.0 Å². The quantitative estimate of drug-likeness (QED) is 0.215. The summed E-state index contributed by atoms with van der Waals surface area (Å²) in [6, 6.07) is 11.3. The second-order valence-electron chi connectivity index (χ2n) is 10.6. The van der Waals surface area contributed by atoms with E-state index in [0.717, 1.165) is 18.4 Å². The van der Waals surface area contributed by atoms with Gasteiger partial charge in [0, 0.05) is 38.4 Å². The second kappa shape index (κ2) is 13.8. The molecule has 1 unspecified atom stereocenters. The van der Waals surface area contributed by atoms with Gasteiger partial charge in [-0.15, -0.1) is 0 Å². The van der Waals surface area contributed by atoms with Crippen molar-refractivity contribution in [1.29, 1.82) is 0 Å². The van der Waals surface area contributed by atoms with E-state index in [2.05, 4.69) is 14.6 Å². The predicted octanol–water partition coefficient (Wildman–Crippen LogP) is 6.15. The number of rotatable bonds is 12. The Balaban J connectivity index is 1.36. The fourth-order valence-electron chi connectivity index (χ4n) is 4.68. The number of esters is 1. The largest absolute Gasteiger partial charge is 0.489 e. The van der Waals surface area contributed by atoms with Crippen molar-refractivity contribution in [2.24, 2.45) is 5.92 Å². The molecule has 0 amide bonds. The van der Waals surface area contributed by atoms with Gasteiger partial charge in [0.1, 0.15) is 6.10 Å². The number of sulfone groups is 1. The van der Waals surface area contributed by atoms with Gasteiger partial charge in [-0.3, -0.25) is 9.88 Å². The molecular weight excluding hydrogens is 625 g/mol. The van der Waals surface area contributed by atoms with Gasteiger partial charge < -0.3 is 14.2 Å². The van der Waals surface area contributed by atoms with Crippen molar-refractivity contribution in [3.8, 4) is 11.5 Å². The van der Waals surface area contributed by atoms with Crippen LogP contribution in [0.5, 0.6) is 11.5 Å². The lowest BCUT2D eigenvalue weighted by molar-refractivity contribution is -0.0515. The highest BCUT2D eigenvalue weighted by atomic mass is 35.5. The molecule has 2 aliphatic rings. The lowest BCUT2D eigenvalue weighted by Crippen LogP contribution is -2.39. The highest BCUT2D eigenvalue weighted by molar-refractivity contribution is 7.91. The van der Waals surface area contributed by atoms with Crippen LogP contribution in [-0.2, 0) is 27.5 Å². The van der Waals surface area contributed by atoms with Gasteiger partial charge in [-0.1, -0.05) is 41.4 Å². The molecule has 1 aliphatic heterocycles. The summed E-state index contributed by atoms with van der Waals surface area (Å²) in [6.07, 6.45) is 4.04. The summed E-state index contributed by atoms with van der Waals surface area (Å²) in [7, 11) is -2.97. The van der Waals surface area contributed by atoms with Crippen LogP contribution >= 0.6 is 23.2 Å². The van der Waals surface area contributed by atoms with E-state index in [-0.39, 0.29) is 39.5 Å². The minimum absolute atomic E-state index is 0.0823. The molecule has 1 saturated heterocycles. The van der Waals surface area contributed by atoms with Crippen LogP contribution in [0, 0.1) is 5.92 Å². The Labute approximate surface area is 258 Å². The summed E-state index contributed by atoms with van der Waals surface area (Å²) >= 11 is 12.8. The maximum atomic E-state index is 13.3. The number of halogens is 4. The summed E-state index contributed by atoms with van der Waals surface area (Å²) in [5.41, 5.74) is 2.20. The molecule has 0 N–H and O–H groups in total. The van der Waals surface area contributed by atoms with Crippen LogP contribution in [0.2, 0.25) is 10.0 Å². The zero-order chi connectivity index (χ0) is 30.6. The van der Waals surface area contributed by atoms with Crippen LogP contribution in [0.1, 0.15) is 46.0 Å². The molecule has 8 nitrogen and oxygen atoms in total. The van der Waals surface area contributed by atoms with Gasteiger partial charge in [-0.05, 0) is 59.7 Å². The third-order valence-corrected chi connectivity index (χ3v) is 9.61. The van der Waals surface area contributed by atoms with Crippen molar-refractivity contribution in [2.75, 3.05) is 31.2 Å². The van der Waals surface area contributed by atoms with Gasteiger partial charge in [-0.25, -0.2) is 13.2 Å². The van der Waals surface area contributed by atoms with E-state index in [4.69, 9.17) is 32.7 Å². The fourth-order valence-corrected chi connectivity index (χ4v) is 6.48. The molecule has 1 saturated carbocycles. The Bertz CT molecular complexity index is 1520. The number of carbonyl (C=O) groups excluding carboxylic acids is 1. The standard InChI is InChI=1S/C30H30Cl2F2N2O6S/c31-24-15-35-16-25(32)23(24)14-27(22-7-8-26(42-30(33)34)28(13-22)40-18-20-1-2-20)41-29(37)21-5-3-19(4-6-21)17-36-9-11-43(38,39)12-10-36/h3-8,13,15-16,20,27,30H,1-2,9-12,14,17-18H2. The summed E-state index contributed by atoms with van der Waals surface area (Å²) < 4.78 is 66.1. The molecule has 1 aromatic heterocycles. The lowest BCUT2D eigenvalue weighted by Gasteiger charge is -2.26. The molecule has 43 heavy (non-hydrogen) atoms. The minimum Gasteiger partial charge on any atom is -0.489 e. The number of benzene rings is 2. The van der Waals surface area contributed by atoms with Crippen molar-refractivity contribution < 1.29 is 36.2 Å². The van der Waals surface area contributed by atoms with Gasteiger partial charge in [-0.2, -0.15) is 8.78 Å². The molecule has 2 aromatic carbocycles. The molecule has 0 bridgehead atoms. The van der Waals surface area contributed by atoms with Gasteiger partial charge in [0.15, 0.2) is 21.3 Å². The van der Waals surface area contributed by atoms with Crippen LogP contribution in [0.15, 0.2) is 54.9 Å². The monoisotopic (exact) mass is 654 g/mol. The Morgan fingerprint density at radius 3 is 2.30 bits per heavy atom. The summed E-state index contributed by atoms with van der Waals surface area (Å²) in [4.78, 5) is 19.4. The number of alkyl halides is 2. The first-order valence-corrected chi connectivity index (χ1v) is 16.4.